The topological polar surface area (TPSA) is 33.1 Å². The minimum atomic E-state index is -0.523. The SMILES string of the molecule is CC(C)(C)C1CCC(O)(C2CCCc3cccnc32)CC1. The van der Waals surface area contributed by atoms with Crippen LogP contribution in [0.5, 0.6) is 0 Å². The molecule has 1 heterocycles. The van der Waals surface area contributed by atoms with Gasteiger partial charge in [0.15, 0.2) is 0 Å². The number of aliphatic hydroxyl groups is 1. The Morgan fingerprint density at radius 2 is 1.90 bits per heavy atom. The first kappa shape index (κ1) is 15.0. The fourth-order valence-electron chi connectivity index (χ4n) is 4.46. The average Bonchev–Trinajstić information content (AvgIpc) is 2.46. The fraction of sp³-hybridized carbons (Fsp3) is 0.737. The smallest absolute Gasteiger partial charge is 0.0731 e. The van der Waals surface area contributed by atoms with E-state index in [4.69, 9.17) is 0 Å². The van der Waals surface area contributed by atoms with Crippen molar-refractivity contribution in [3.8, 4) is 0 Å². The molecule has 3 rings (SSSR count). The maximum Gasteiger partial charge on any atom is 0.0731 e. The second-order valence-corrected chi connectivity index (χ2v) is 8.24. The molecule has 1 N–H and O–H groups in total. The molecular formula is C19H29NO. The molecule has 0 spiro atoms. The van der Waals surface area contributed by atoms with E-state index in [1.165, 1.54) is 17.7 Å². The van der Waals surface area contributed by atoms with Crippen molar-refractivity contribution in [1.82, 2.24) is 4.98 Å². The van der Waals surface area contributed by atoms with Crippen molar-refractivity contribution < 1.29 is 5.11 Å². The largest absolute Gasteiger partial charge is 0.389 e. The number of hydrogen-bond donors (Lipinski definition) is 1. The molecule has 0 amide bonds. The standard InChI is InChI=1S/C19H29NO/c1-18(2,3)15-9-11-19(21,12-10-15)16-8-4-6-14-7-5-13-20-17(14)16/h5,7,13,15-16,21H,4,6,8-12H2,1-3H3. The molecule has 21 heavy (non-hydrogen) atoms. The van der Waals surface area contributed by atoms with Gasteiger partial charge < -0.3 is 5.11 Å². The molecule has 0 radical (unpaired) electrons. The lowest BCUT2D eigenvalue weighted by molar-refractivity contribution is -0.0510. The van der Waals surface area contributed by atoms with Crippen LogP contribution in [0.15, 0.2) is 18.3 Å². The molecule has 2 heteroatoms. The number of hydrogen-bond acceptors (Lipinski definition) is 2. The Kier molecular flexibility index (Phi) is 3.85. The minimum absolute atomic E-state index is 0.253. The van der Waals surface area contributed by atoms with Crippen molar-refractivity contribution >= 4 is 0 Å². The van der Waals surface area contributed by atoms with Crippen molar-refractivity contribution in [2.24, 2.45) is 11.3 Å². The van der Waals surface area contributed by atoms with Crippen molar-refractivity contribution in [2.45, 2.75) is 77.2 Å². The van der Waals surface area contributed by atoms with Crippen LogP contribution in [0, 0.1) is 11.3 Å². The average molecular weight is 287 g/mol. The molecule has 0 saturated heterocycles. The van der Waals surface area contributed by atoms with Crippen LogP contribution in [-0.2, 0) is 6.42 Å². The highest BCUT2D eigenvalue weighted by Gasteiger charge is 2.44. The maximum absolute atomic E-state index is 11.3. The molecule has 0 aromatic carbocycles. The van der Waals surface area contributed by atoms with E-state index in [0.29, 0.717) is 5.41 Å². The summed E-state index contributed by atoms with van der Waals surface area (Å²) in [7, 11) is 0. The fourth-order valence-corrected chi connectivity index (χ4v) is 4.46. The molecular weight excluding hydrogens is 258 g/mol. The van der Waals surface area contributed by atoms with E-state index in [2.05, 4.69) is 31.8 Å². The van der Waals surface area contributed by atoms with Crippen LogP contribution in [0.25, 0.3) is 0 Å². The Morgan fingerprint density at radius 3 is 2.57 bits per heavy atom. The summed E-state index contributed by atoms with van der Waals surface area (Å²) in [6, 6.07) is 4.22. The van der Waals surface area contributed by atoms with Crippen molar-refractivity contribution in [3.63, 3.8) is 0 Å². The summed E-state index contributed by atoms with van der Waals surface area (Å²) in [6.07, 6.45) is 9.49. The first-order valence-corrected chi connectivity index (χ1v) is 8.56. The Labute approximate surface area is 129 Å². The quantitative estimate of drug-likeness (QED) is 0.826. The van der Waals surface area contributed by atoms with Crippen LogP contribution in [0.2, 0.25) is 0 Å². The third-order valence-corrected chi connectivity index (χ3v) is 5.92. The first-order chi connectivity index (χ1) is 9.90. The van der Waals surface area contributed by atoms with Gasteiger partial charge in [-0.2, -0.15) is 0 Å². The zero-order valence-electron chi connectivity index (χ0n) is 13.7. The second kappa shape index (κ2) is 5.39. The van der Waals surface area contributed by atoms with Crippen LogP contribution in [-0.4, -0.2) is 15.7 Å². The summed E-state index contributed by atoms with van der Waals surface area (Å²) in [5.74, 6) is 0.993. The van der Waals surface area contributed by atoms with Crippen LogP contribution in [0.4, 0.5) is 0 Å². The lowest BCUT2D eigenvalue weighted by atomic mass is 9.63. The summed E-state index contributed by atoms with van der Waals surface area (Å²) in [5.41, 5.74) is 2.38. The highest BCUT2D eigenvalue weighted by atomic mass is 16.3. The van der Waals surface area contributed by atoms with E-state index in [0.717, 1.165) is 44.4 Å². The molecule has 1 unspecified atom stereocenters. The highest BCUT2D eigenvalue weighted by molar-refractivity contribution is 5.28. The molecule has 1 atom stereocenters. The van der Waals surface area contributed by atoms with Gasteiger partial charge in [0.05, 0.1) is 5.60 Å². The zero-order chi connectivity index (χ0) is 15.1. The van der Waals surface area contributed by atoms with Gasteiger partial charge in [0.2, 0.25) is 0 Å². The van der Waals surface area contributed by atoms with E-state index in [1.54, 1.807) is 0 Å². The molecule has 0 aliphatic heterocycles. The molecule has 2 nitrogen and oxygen atoms in total. The monoisotopic (exact) mass is 287 g/mol. The zero-order valence-corrected chi connectivity index (χ0v) is 13.7. The third kappa shape index (κ3) is 2.88. The summed E-state index contributed by atoms with van der Waals surface area (Å²) in [5, 5.41) is 11.3. The van der Waals surface area contributed by atoms with E-state index in [9.17, 15) is 5.11 Å². The van der Waals surface area contributed by atoms with E-state index in [-0.39, 0.29) is 5.92 Å². The summed E-state index contributed by atoms with van der Waals surface area (Å²) in [6.45, 7) is 7.00. The predicted molar refractivity (Wildman–Crippen MR) is 86.3 cm³/mol. The second-order valence-electron chi connectivity index (χ2n) is 8.24. The van der Waals surface area contributed by atoms with Crippen molar-refractivity contribution in [2.75, 3.05) is 0 Å². The predicted octanol–water partition coefficient (Wildman–Crippen LogP) is 4.47. The van der Waals surface area contributed by atoms with Gasteiger partial charge >= 0.3 is 0 Å². The Balaban J connectivity index is 1.79. The Morgan fingerprint density at radius 1 is 1.19 bits per heavy atom. The van der Waals surface area contributed by atoms with Crippen LogP contribution >= 0.6 is 0 Å². The van der Waals surface area contributed by atoms with Gasteiger partial charge in [-0.25, -0.2) is 0 Å². The number of fused-ring (bicyclic) bond motifs is 1. The molecule has 1 aromatic rings. The normalized spacial score (nSPS) is 33.5. The van der Waals surface area contributed by atoms with Gasteiger partial charge in [0.25, 0.3) is 0 Å². The lowest BCUT2D eigenvalue weighted by Gasteiger charge is -2.46. The summed E-state index contributed by atoms with van der Waals surface area (Å²) in [4.78, 5) is 4.63. The summed E-state index contributed by atoms with van der Waals surface area (Å²) < 4.78 is 0. The Bertz CT molecular complexity index is 495. The van der Waals surface area contributed by atoms with Crippen molar-refractivity contribution in [3.05, 3.63) is 29.6 Å². The van der Waals surface area contributed by atoms with Crippen LogP contribution in [0.1, 0.15) is 76.5 Å². The number of rotatable bonds is 1. The molecule has 1 aromatic heterocycles. The molecule has 2 aliphatic carbocycles. The minimum Gasteiger partial charge on any atom is -0.389 e. The number of nitrogens with zero attached hydrogens (tertiary/aromatic N) is 1. The molecule has 1 saturated carbocycles. The van der Waals surface area contributed by atoms with Gasteiger partial charge in [-0.05, 0) is 67.9 Å². The van der Waals surface area contributed by atoms with Gasteiger partial charge in [0, 0.05) is 17.8 Å². The van der Waals surface area contributed by atoms with E-state index < -0.39 is 5.60 Å². The lowest BCUT2D eigenvalue weighted by Crippen LogP contribution is -2.43. The van der Waals surface area contributed by atoms with Crippen molar-refractivity contribution in [1.29, 1.82) is 0 Å². The number of aryl methyl sites for hydroxylation is 1. The third-order valence-electron chi connectivity index (χ3n) is 5.92. The van der Waals surface area contributed by atoms with Crippen LogP contribution < -0.4 is 0 Å². The maximum atomic E-state index is 11.3. The van der Waals surface area contributed by atoms with E-state index in [1.807, 2.05) is 12.3 Å². The summed E-state index contributed by atoms with van der Waals surface area (Å²) >= 11 is 0. The van der Waals surface area contributed by atoms with Gasteiger partial charge in [-0.3, -0.25) is 4.98 Å². The number of aromatic nitrogens is 1. The molecule has 2 aliphatic rings. The molecule has 116 valence electrons. The van der Waals surface area contributed by atoms with Crippen LogP contribution in [0.3, 0.4) is 0 Å². The van der Waals surface area contributed by atoms with Gasteiger partial charge in [0.1, 0.15) is 0 Å². The first-order valence-electron chi connectivity index (χ1n) is 8.56. The molecule has 0 bridgehead atoms. The van der Waals surface area contributed by atoms with E-state index >= 15 is 0 Å². The van der Waals surface area contributed by atoms with Gasteiger partial charge in [-0.1, -0.05) is 26.8 Å². The highest BCUT2D eigenvalue weighted by Crippen LogP contribution is 2.49. The number of pyridine rings is 1. The molecule has 1 fully saturated rings. The Hall–Kier alpha value is -0.890. The van der Waals surface area contributed by atoms with Gasteiger partial charge in [-0.15, -0.1) is 0 Å².